The molecule has 0 N–H and O–H groups in total. The summed E-state index contributed by atoms with van der Waals surface area (Å²) < 4.78 is 0. The van der Waals surface area contributed by atoms with Gasteiger partial charge in [-0.25, -0.2) is 0 Å². The first-order valence-electron chi connectivity index (χ1n) is 2.80. The molecule has 0 spiro atoms. The topological polar surface area (TPSA) is 0 Å². The molecule has 0 saturated carbocycles. The normalized spacial score (nSPS) is 6.80. The van der Waals surface area contributed by atoms with Crippen molar-refractivity contribution in [3.05, 3.63) is 37.5 Å². The van der Waals surface area contributed by atoms with Crippen molar-refractivity contribution in [3.63, 3.8) is 0 Å². The van der Waals surface area contributed by atoms with Gasteiger partial charge in [0.2, 0.25) is 0 Å². The maximum atomic E-state index is 3.43. The first-order chi connectivity index (χ1) is 4.91. The number of hydrogen-bond acceptors (Lipinski definition) is 0. The van der Waals surface area contributed by atoms with E-state index in [-0.39, 0.29) is 0 Å². The van der Waals surface area contributed by atoms with Crippen LogP contribution < -0.4 is 0 Å². The molecular weight excluding hydrogens is 120 g/mol. The van der Waals surface area contributed by atoms with Gasteiger partial charge in [0.15, 0.2) is 0 Å². The molecule has 0 aliphatic rings. The Bertz CT molecular complexity index is 217. The quantitative estimate of drug-likeness (QED) is 0.437. The fourth-order valence-electron chi connectivity index (χ4n) is 0.297. The maximum Gasteiger partial charge on any atom is -0.00316 e. The second kappa shape index (κ2) is 7.34. The third kappa shape index (κ3) is 6.34. The fourth-order valence-corrected chi connectivity index (χ4v) is 0.297. The molecule has 0 nitrogen and oxygen atoms in total. The van der Waals surface area contributed by atoms with Gasteiger partial charge in [-0.2, -0.15) is 0 Å². The molecule has 0 amide bonds. The van der Waals surface area contributed by atoms with E-state index in [9.17, 15) is 0 Å². The van der Waals surface area contributed by atoms with E-state index >= 15 is 0 Å². The standard InChI is InChI=1S/C10H8/c1-3-5-7-9-10-8-6-4-2/h3-4,9-10H,1-2H2. The van der Waals surface area contributed by atoms with Gasteiger partial charge in [0.05, 0.1) is 0 Å². The van der Waals surface area contributed by atoms with Gasteiger partial charge in [-0.3, -0.25) is 0 Å². The van der Waals surface area contributed by atoms with Gasteiger partial charge in [-0.05, 0) is 24.3 Å². The van der Waals surface area contributed by atoms with Crippen LogP contribution in [0.15, 0.2) is 37.5 Å². The molecule has 0 saturated heterocycles. The Morgan fingerprint density at radius 1 is 0.700 bits per heavy atom. The third-order valence-corrected chi connectivity index (χ3v) is 0.621. The lowest BCUT2D eigenvalue weighted by atomic mass is 10.4. The predicted octanol–water partition coefficient (Wildman–Crippen LogP) is 1.92. The summed E-state index contributed by atoms with van der Waals surface area (Å²) in [7, 11) is 0. The third-order valence-electron chi connectivity index (χ3n) is 0.621. The zero-order valence-electron chi connectivity index (χ0n) is 5.72. The van der Waals surface area contributed by atoms with Crippen molar-refractivity contribution in [2.75, 3.05) is 0 Å². The number of rotatable bonds is 0. The molecule has 0 rings (SSSR count). The average molecular weight is 128 g/mol. The SMILES string of the molecule is C=CC#CC=CC#CC=C. The van der Waals surface area contributed by atoms with E-state index in [2.05, 4.69) is 36.8 Å². The van der Waals surface area contributed by atoms with Crippen molar-refractivity contribution in [2.24, 2.45) is 0 Å². The molecule has 0 radical (unpaired) electrons. The summed E-state index contributed by atoms with van der Waals surface area (Å²) in [4.78, 5) is 0. The molecule has 0 aromatic rings. The summed E-state index contributed by atoms with van der Waals surface area (Å²) in [6, 6.07) is 0. The lowest BCUT2D eigenvalue weighted by Gasteiger charge is -1.61. The van der Waals surface area contributed by atoms with Gasteiger partial charge >= 0.3 is 0 Å². The minimum absolute atomic E-state index is 1.53. The minimum atomic E-state index is 1.53. The monoisotopic (exact) mass is 128 g/mol. The Hall–Kier alpha value is -1.66. The molecule has 48 valence electrons. The molecule has 0 unspecified atom stereocenters. The Balaban J connectivity index is 3.77. The molecule has 0 aromatic heterocycles. The lowest BCUT2D eigenvalue weighted by molar-refractivity contribution is 2.09. The highest BCUT2D eigenvalue weighted by molar-refractivity contribution is 5.29. The van der Waals surface area contributed by atoms with Crippen molar-refractivity contribution in [1.82, 2.24) is 0 Å². The molecule has 0 bridgehead atoms. The summed E-state index contributed by atoms with van der Waals surface area (Å²) in [6.07, 6.45) is 6.40. The van der Waals surface area contributed by atoms with Crippen molar-refractivity contribution in [3.8, 4) is 23.7 Å². The van der Waals surface area contributed by atoms with Crippen LogP contribution in [0.25, 0.3) is 0 Å². The van der Waals surface area contributed by atoms with Gasteiger partial charge in [-0.15, -0.1) is 0 Å². The Morgan fingerprint density at radius 2 is 1.10 bits per heavy atom. The van der Waals surface area contributed by atoms with Crippen LogP contribution in [0.3, 0.4) is 0 Å². The highest BCUT2D eigenvalue weighted by Gasteiger charge is 1.54. The van der Waals surface area contributed by atoms with Gasteiger partial charge in [0.1, 0.15) is 0 Å². The van der Waals surface area contributed by atoms with E-state index < -0.39 is 0 Å². The molecule has 0 heteroatoms. The second-order valence-corrected chi connectivity index (χ2v) is 1.32. The van der Waals surface area contributed by atoms with Crippen LogP contribution in [-0.2, 0) is 0 Å². The molecule has 0 aliphatic heterocycles. The molecule has 0 atom stereocenters. The van der Waals surface area contributed by atoms with Gasteiger partial charge < -0.3 is 0 Å². The van der Waals surface area contributed by atoms with Crippen LogP contribution >= 0.6 is 0 Å². The zero-order chi connectivity index (χ0) is 7.66. The summed E-state index contributed by atoms with van der Waals surface area (Å²) in [5.74, 6) is 10.7. The first-order valence-corrected chi connectivity index (χ1v) is 2.80. The second-order valence-electron chi connectivity index (χ2n) is 1.32. The van der Waals surface area contributed by atoms with Crippen LogP contribution in [0.5, 0.6) is 0 Å². The van der Waals surface area contributed by atoms with E-state index in [4.69, 9.17) is 0 Å². The molecule has 0 aliphatic carbocycles. The first kappa shape index (κ1) is 8.34. The Morgan fingerprint density at radius 3 is 1.40 bits per heavy atom. The average Bonchev–Trinajstić information content (AvgIpc) is 1.97. The molecule has 0 aromatic carbocycles. The van der Waals surface area contributed by atoms with E-state index in [0.717, 1.165) is 0 Å². The summed E-state index contributed by atoms with van der Waals surface area (Å²) in [6.45, 7) is 6.87. The molecular formula is C10H8. The largest absolute Gasteiger partial charge is 0.0906 e. The van der Waals surface area contributed by atoms with Crippen LogP contribution in [0.2, 0.25) is 0 Å². The Kier molecular flexibility index (Phi) is 6.12. The van der Waals surface area contributed by atoms with Crippen LogP contribution in [0.1, 0.15) is 0 Å². The van der Waals surface area contributed by atoms with Crippen LogP contribution in [0.4, 0.5) is 0 Å². The van der Waals surface area contributed by atoms with E-state index in [1.807, 2.05) is 0 Å². The number of allylic oxidation sites excluding steroid dienone is 4. The van der Waals surface area contributed by atoms with Crippen molar-refractivity contribution in [1.29, 1.82) is 0 Å². The van der Waals surface area contributed by atoms with Crippen molar-refractivity contribution < 1.29 is 0 Å². The molecule has 10 heavy (non-hydrogen) atoms. The van der Waals surface area contributed by atoms with Crippen LogP contribution in [-0.4, -0.2) is 0 Å². The van der Waals surface area contributed by atoms with Crippen LogP contribution in [0, 0.1) is 23.7 Å². The van der Waals surface area contributed by atoms with Gasteiger partial charge in [-0.1, -0.05) is 36.8 Å². The molecule has 0 fully saturated rings. The summed E-state index contributed by atoms with van der Waals surface area (Å²) in [5, 5.41) is 0. The Labute approximate surface area is 62.0 Å². The highest BCUT2D eigenvalue weighted by Crippen LogP contribution is 1.67. The van der Waals surface area contributed by atoms with E-state index in [1.54, 1.807) is 12.2 Å². The molecule has 0 heterocycles. The van der Waals surface area contributed by atoms with Gasteiger partial charge in [0.25, 0.3) is 0 Å². The van der Waals surface area contributed by atoms with Crippen molar-refractivity contribution >= 4 is 0 Å². The van der Waals surface area contributed by atoms with Crippen molar-refractivity contribution in [2.45, 2.75) is 0 Å². The van der Waals surface area contributed by atoms with E-state index in [1.165, 1.54) is 12.2 Å². The fraction of sp³-hybridized carbons (Fsp3) is 0. The summed E-state index contributed by atoms with van der Waals surface area (Å²) >= 11 is 0. The number of hydrogen-bond donors (Lipinski definition) is 0. The lowest BCUT2D eigenvalue weighted by Crippen LogP contribution is -1.50. The maximum absolute atomic E-state index is 3.43. The summed E-state index contributed by atoms with van der Waals surface area (Å²) in [5.41, 5.74) is 0. The smallest absolute Gasteiger partial charge is 0.00316 e. The minimum Gasteiger partial charge on any atom is -0.0906 e. The van der Waals surface area contributed by atoms with Gasteiger partial charge in [0, 0.05) is 0 Å². The zero-order valence-corrected chi connectivity index (χ0v) is 5.72. The predicted molar refractivity (Wildman–Crippen MR) is 45.1 cm³/mol. The highest BCUT2D eigenvalue weighted by atomic mass is 13.6. The van der Waals surface area contributed by atoms with E-state index in [0.29, 0.717) is 0 Å².